The molecule has 0 radical (unpaired) electrons. The number of benzene rings is 1. The molecule has 0 aromatic heterocycles. The Morgan fingerprint density at radius 2 is 2.11 bits per heavy atom. The highest BCUT2D eigenvalue weighted by Gasteiger charge is 2.00. The molecule has 0 atom stereocenters. The summed E-state index contributed by atoms with van der Waals surface area (Å²) < 4.78 is 4.94. The first-order valence-electron chi connectivity index (χ1n) is 5.66. The van der Waals surface area contributed by atoms with Gasteiger partial charge >= 0.3 is 6.09 Å². The molecule has 0 aliphatic heterocycles. The number of carbonyl (C=O) groups excluding carboxylic acids is 2. The molecule has 1 rings (SSSR count). The number of ether oxygens (including phenoxy) is 1. The molecule has 4 heteroatoms. The van der Waals surface area contributed by atoms with Gasteiger partial charge in [-0.1, -0.05) is 18.1 Å². The van der Waals surface area contributed by atoms with Crippen LogP contribution in [0.3, 0.4) is 0 Å². The maximum Gasteiger partial charge on any atom is 0.407 e. The molecule has 1 N–H and O–H groups in total. The fourth-order valence-electron chi connectivity index (χ4n) is 1.31. The van der Waals surface area contributed by atoms with Crippen molar-refractivity contribution in [2.45, 2.75) is 12.8 Å². The van der Waals surface area contributed by atoms with Crippen molar-refractivity contribution in [2.24, 2.45) is 0 Å². The molecule has 18 heavy (non-hydrogen) atoms. The highest BCUT2D eigenvalue weighted by atomic mass is 16.5. The lowest BCUT2D eigenvalue weighted by molar-refractivity contribution is -0.107. The maximum atomic E-state index is 11.1. The summed E-state index contributed by atoms with van der Waals surface area (Å²) in [4.78, 5) is 21.2. The molecular weight excluding hydrogens is 230 g/mol. The fraction of sp³-hybridized carbons (Fsp3) is 0.286. The van der Waals surface area contributed by atoms with Crippen LogP contribution >= 0.6 is 0 Å². The number of alkyl carbamates (subject to hydrolysis) is 1. The van der Waals surface area contributed by atoms with E-state index in [4.69, 9.17) is 11.2 Å². The van der Waals surface area contributed by atoms with Crippen molar-refractivity contribution in [1.82, 2.24) is 5.32 Å². The van der Waals surface area contributed by atoms with E-state index in [1.165, 1.54) is 0 Å². The number of aldehydes is 1. The van der Waals surface area contributed by atoms with E-state index >= 15 is 0 Å². The first-order chi connectivity index (χ1) is 8.76. The number of carbonyl (C=O) groups is 2. The zero-order valence-electron chi connectivity index (χ0n) is 10.0. The van der Waals surface area contributed by atoms with Crippen LogP contribution in [0, 0.1) is 12.3 Å². The van der Waals surface area contributed by atoms with Crippen molar-refractivity contribution < 1.29 is 14.3 Å². The Bertz CT molecular complexity index is 431. The van der Waals surface area contributed by atoms with E-state index in [2.05, 4.69) is 11.2 Å². The molecule has 0 aliphatic rings. The average Bonchev–Trinajstić information content (AvgIpc) is 2.40. The van der Waals surface area contributed by atoms with Crippen LogP contribution in [-0.4, -0.2) is 25.5 Å². The van der Waals surface area contributed by atoms with Crippen molar-refractivity contribution in [2.75, 3.05) is 13.2 Å². The van der Waals surface area contributed by atoms with Crippen LogP contribution in [0.5, 0.6) is 0 Å². The van der Waals surface area contributed by atoms with Gasteiger partial charge in [0.1, 0.15) is 6.29 Å². The van der Waals surface area contributed by atoms with E-state index in [1.807, 2.05) is 24.3 Å². The SMILES string of the molecule is C#Cc1ccc(CCOC(=O)NCCC=O)cc1. The zero-order valence-corrected chi connectivity index (χ0v) is 10.0. The third kappa shape index (κ3) is 5.17. The molecule has 1 aromatic carbocycles. The Balaban J connectivity index is 2.22. The maximum absolute atomic E-state index is 11.1. The molecule has 0 spiro atoms. The van der Waals surface area contributed by atoms with Crippen molar-refractivity contribution in [1.29, 1.82) is 0 Å². The summed E-state index contributed by atoms with van der Waals surface area (Å²) in [6.45, 7) is 0.599. The second-order valence-corrected chi connectivity index (χ2v) is 3.61. The van der Waals surface area contributed by atoms with Gasteiger partial charge in [-0.15, -0.1) is 6.42 Å². The lowest BCUT2D eigenvalue weighted by Gasteiger charge is -2.05. The zero-order chi connectivity index (χ0) is 13.2. The van der Waals surface area contributed by atoms with Crippen LogP contribution < -0.4 is 5.32 Å². The van der Waals surface area contributed by atoms with Crippen molar-refractivity contribution >= 4 is 12.4 Å². The number of hydrogen-bond acceptors (Lipinski definition) is 3. The van der Waals surface area contributed by atoms with Gasteiger partial charge in [-0.05, 0) is 17.7 Å². The van der Waals surface area contributed by atoms with E-state index in [0.29, 0.717) is 26.0 Å². The van der Waals surface area contributed by atoms with Crippen molar-refractivity contribution in [3.05, 3.63) is 35.4 Å². The lowest BCUT2D eigenvalue weighted by atomic mass is 10.1. The molecule has 0 fully saturated rings. The number of amides is 1. The highest BCUT2D eigenvalue weighted by molar-refractivity contribution is 5.67. The minimum absolute atomic E-state index is 0.294. The lowest BCUT2D eigenvalue weighted by Crippen LogP contribution is -2.26. The van der Waals surface area contributed by atoms with Crippen LogP contribution in [-0.2, 0) is 16.0 Å². The van der Waals surface area contributed by atoms with Gasteiger partial charge in [0.15, 0.2) is 0 Å². The van der Waals surface area contributed by atoms with Crippen molar-refractivity contribution in [3.8, 4) is 12.3 Å². The van der Waals surface area contributed by atoms with Crippen molar-refractivity contribution in [3.63, 3.8) is 0 Å². The van der Waals surface area contributed by atoms with Gasteiger partial charge in [0.25, 0.3) is 0 Å². The number of hydrogen-bond donors (Lipinski definition) is 1. The topological polar surface area (TPSA) is 55.4 Å². The Morgan fingerprint density at radius 1 is 1.39 bits per heavy atom. The Morgan fingerprint density at radius 3 is 2.72 bits per heavy atom. The minimum atomic E-state index is -0.503. The van der Waals surface area contributed by atoms with E-state index < -0.39 is 6.09 Å². The summed E-state index contributed by atoms with van der Waals surface area (Å²) in [6.07, 6.45) is 6.41. The first-order valence-corrected chi connectivity index (χ1v) is 5.66. The third-order valence-corrected chi connectivity index (χ3v) is 2.28. The molecule has 0 saturated carbocycles. The molecule has 0 saturated heterocycles. The standard InChI is InChI=1S/C14H15NO3/c1-2-12-4-6-13(7-5-12)8-11-18-14(17)15-9-3-10-16/h1,4-7,10H,3,8-9,11H2,(H,15,17). The second kappa shape index (κ2) is 7.91. The molecule has 94 valence electrons. The van der Waals surface area contributed by atoms with E-state index in [0.717, 1.165) is 17.4 Å². The normalized spacial score (nSPS) is 9.28. The van der Waals surface area contributed by atoms with Gasteiger partial charge in [0.2, 0.25) is 0 Å². The smallest absolute Gasteiger partial charge is 0.407 e. The van der Waals surface area contributed by atoms with Gasteiger partial charge in [0, 0.05) is 24.9 Å². The number of terminal acetylenes is 1. The summed E-state index contributed by atoms with van der Waals surface area (Å²) >= 11 is 0. The number of nitrogens with one attached hydrogen (secondary N) is 1. The quantitative estimate of drug-likeness (QED) is 0.469. The van der Waals surface area contributed by atoms with Crippen LogP contribution in [0.1, 0.15) is 17.5 Å². The predicted octanol–water partition coefficient (Wildman–Crippen LogP) is 1.53. The predicted molar refractivity (Wildman–Crippen MR) is 68.1 cm³/mol. The van der Waals surface area contributed by atoms with Crippen LogP contribution in [0.4, 0.5) is 4.79 Å². The highest BCUT2D eigenvalue weighted by Crippen LogP contribution is 2.04. The van der Waals surface area contributed by atoms with Crippen LogP contribution in [0.15, 0.2) is 24.3 Å². The van der Waals surface area contributed by atoms with Gasteiger partial charge in [-0.25, -0.2) is 4.79 Å². The van der Waals surface area contributed by atoms with Gasteiger partial charge in [-0.2, -0.15) is 0 Å². The average molecular weight is 245 g/mol. The minimum Gasteiger partial charge on any atom is -0.449 e. The molecule has 0 aliphatic carbocycles. The molecule has 0 bridgehead atoms. The van der Waals surface area contributed by atoms with Gasteiger partial charge in [0.05, 0.1) is 6.61 Å². The Labute approximate surface area is 106 Å². The van der Waals surface area contributed by atoms with Crippen LogP contribution in [0.2, 0.25) is 0 Å². The Kier molecular flexibility index (Phi) is 6.05. The summed E-state index contributed by atoms with van der Waals surface area (Å²) in [5.41, 5.74) is 1.88. The van der Waals surface area contributed by atoms with E-state index in [1.54, 1.807) is 0 Å². The summed E-state index contributed by atoms with van der Waals surface area (Å²) in [6, 6.07) is 7.50. The van der Waals surface area contributed by atoms with E-state index in [-0.39, 0.29) is 0 Å². The second-order valence-electron chi connectivity index (χ2n) is 3.61. The molecule has 0 unspecified atom stereocenters. The molecule has 4 nitrogen and oxygen atoms in total. The number of rotatable bonds is 6. The first kappa shape index (κ1) is 13.8. The van der Waals surface area contributed by atoms with Crippen LogP contribution in [0.25, 0.3) is 0 Å². The molecular formula is C14H15NO3. The van der Waals surface area contributed by atoms with E-state index in [9.17, 15) is 9.59 Å². The largest absolute Gasteiger partial charge is 0.449 e. The summed E-state index contributed by atoms with van der Waals surface area (Å²) in [7, 11) is 0. The van der Waals surface area contributed by atoms with Gasteiger partial charge in [-0.3, -0.25) is 0 Å². The molecule has 0 heterocycles. The fourth-order valence-corrected chi connectivity index (χ4v) is 1.31. The Hall–Kier alpha value is -2.28. The monoisotopic (exact) mass is 245 g/mol. The summed E-state index contributed by atoms with van der Waals surface area (Å²) in [5, 5.41) is 2.47. The third-order valence-electron chi connectivity index (χ3n) is 2.28. The molecule has 1 amide bonds. The van der Waals surface area contributed by atoms with Gasteiger partial charge < -0.3 is 14.8 Å². The molecule has 1 aromatic rings. The summed E-state index contributed by atoms with van der Waals surface area (Å²) in [5.74, 6) is 2.53.